The highest BCUT2D eigenvalue weighted by Gasteiger charge is 2.48. The van der Waals surface area contributed by atoms with Gasteiger partial charge in [0.1, 0.15) is 45.8 Å². The van der Waals surface area contributed by atoms with E-state index in [1.54, 1.807) is 82.0 Å². The second kappa shape index (κ2) is 33.6. The molecule has 23 rings (SSSR count). The van der Waals surface area contributed by atoms with Crippen LogP contribution in [0.4, 0.5) is 0 Å². The van der Waals surface area contributed by atoms with E-state index >= 15 is 0 Å². The lowest BCUT2D eigenvalue weighted by atomic mass is 9.67. The van der Waals surface area contributed by atoms with E-state index in [-0.39, 0.29) is 23.0 Å². The summed E-state index contributed by atoms with van der Waals surface area (Å²) in [5.41, 5.74) is 21.2. The van der Waals surface area contributed by atoms with Crippen molar-refractivity contribution in [2.24, 2.45) is 0 Å². The van der Waals surface area contributed by atoms with Crippen molar-refractivity contribution in [3.63, 3.8) is 0 Å². The van der Waals surface area contributed by atoms with Crippen molar-refractivity contribution in [1.29, 1.82) is 0 Å². The highest BCUT2D eigenvalue weighted by atomic mass is 79.9. The molecule has 123 heavy (non-hydrogen) atoms. The Balaban J connectivity index is 0.000000106. The molecule has 0 amide bonds. The molecular weight excluding hydrogens is 1580 g/mol. The Kier molecular flexibility index (Phi) is 21.6. The van der Waals surface area contributed by atoms with Gasteiger partial charge in [-0.15, -0.1) is 0 Å². The number of aromatic hydroxyl groups is 4. The average Bonchev–Trinajstić information content (AvgIpc) is 1.55. The molecule has 0 saturated carbocycles. The number of carbonyl (C=O) groups excluding carboxylic acids is 1. The number of para-hydroxylation sites is 1. The Bertz CT molecular complexity index is 7020. The number of methoxy groups -OCH3 is 3. The molecule has 0 unspecified atom stereocenters. The van der Waals surface area contributed by atoms with Crippen LogP contribution in [0.5, 0.6) is 40.2 Å². The standard InChI is InChI=1S/C30H22O2.C29H20O2.C24H18O2.C13H8O.C11H9BrO.C6H6O/c1-32-25-17-11-20-18-23(12-10-21(20)19-25)30(22-13-15-24(31)16-14-22)28-8-4-2-6-26(28)27-7-3-5-9-29(27)30;30-23-15-12-21(13-16-23)29(22-11-9-20-18-24(31)14-10-19(20)17-22)27-7-3-1-5-25(27)26-6-2-4-8-28(26)29;1-26-19-13-11-16-14-18(12-10-17(16)15-19)24(25)22-8-4-2-6-20(22)21-7-3-5-9-23(21)24;14-13-11-7-3-1-5-9(11)10-6-2-4-8-12(10)13;1-13-11-5-3-8-6-10(12)4-2-9(8)7-11;7-6-4-2-1-3-5-6/h2-19,31H,1H3;1-18,30-31H;2-15,25H,1H3;1-8H;2-7H,1H3;1-5,7H. The van der Waals surface area contributed by atoms with Gasteiger partial charge in [0.05, 0.1) is 32.2 Å². The molecule has 5 N–H and O–H groups in total. The van der Waals surface area contributed by atoms with Gasteiger partial charge in [-0.3, -0.25) is 4.79 Å². The molecule has 0 fully saturated rings. The van der Waals surface area contributed by atoms with Gasteiger partial charge in [-0.1, -0.05) is 319 Å². The number of ketones is 1. The highest BCUT2D eigenvalue weighted by molar-refractivity contribution is 9.10. The number of benzene rings is 19. The molecule has 19 aromatic rings. The Morgan fingerprint density at radius 1 is 0.220 bits per heavy atom. The Labute approximate surface area is 722 Å². The van der Waals surface area contributed by atoms with Crippen molar-refractivity contribution in [3.05, 3.63) is 495 Å². The van der Waals surface area contributed by atoms with Gasteiger partial charge in [0.2, 0.25) is 0 Å². The Hall–Kier alpha value is -15.1. The molecule has 0 atom stereocenters. The molecular formula is C113H83BrO9. The lowest BCUT2D eigenvalue weighted by Crippen LogP contribution is -2.28. The van der Waals surface area contributed by atoms with Crippen LogP contribution in [0.25, 0.3) is 87.6 Å². The molecule has 0 aromatic heterocycles. The first kappa shape index (κ1) is 79.1. The van der Waals surface area contributed by atoms with Crippen LogP contribution in [0.1, 0.15) is 77.1 Å². The van der Waals surface area contributed by atoms with Crippen molar-refractivity contribution >= 4 is 64.8 Å². The fourth-order valence-electron chi connectivity index (χ4n) is 18.3. The first-order valence-corrected chi connectivity index (χ1v) is 41.5. The topological polar surface area (TPSA) is 146 Å². The zero-order valence-corrected chi connectivity index (χ0v) is 69.2. The molecule has 9 nitrogen and oxygen atoms in total. The first-order chi connectivity index (χ1) is 60.2. The predicted molar refractivity (Wildman–Crippen MR) is 500 cm³/mol. The van der Waals surface area contributed by atoms with Crippen LogP contribution >= 0.6 is 15.9 Å². The van der Waals surface area contributed by atoms with Gasteiger partial charge in [0, 0.05) is 26.7 Å². The summed E-state index contributed by atoms with van der Waals surface area (Å²) in [5.74, 6) is 3.86. The number of hydrogen-bond donors (Lipinski definition) is 5. The third-order valence-electron chi connectivity index (χ3n) is 24.0. The number of rotatable bonds is 8. The summed E-state index contributed by atoms with van der Waals surface area (Å²) in [5, 5.41) is 59.4. The summed E-state index contributed by atoms with van der Waals surface area (Å²) < 4.78 is 17.0. The molecule has 0 bridgehead atoms. The van der Waals surface area contributed by atoms with Gasteiger partial charge in [-0.25, -0.2) is 0 Å². The number of ether oxygens (including phenoxy) is 3. The van der Waals surface area contributed by atoms with Crippen LogP contribution < -0.4 is 14.2 Å². The summed E-state index contributed by atoms with van der Waals surface area (Å²) in [6, 6.07) is 139. The minimum atomic E-state index is -1.14. The fraction of sp³-hybridized carbons (Fsp3) is 0.0531. The predicted octanol–water partition coefficient (Wildman–Crippen LogP) is 26.5. The molecule has 0 radical (unpaired) electrons. The number of halogens is 1. The van der Waals surface area contributed by atoms with Crippen LogP contribution in [0.3, 0.4) is 0 Å². The maximum atomic E-state index is 11.9. The van der Waals surface area contributed by atoms with Crippen LogP contribution in [-0.4, -0.2) is 52.6 Å². The van der Waals surface area contributed by atoms with Crippen LogP contribution in [0, 0.1) is 0 Å². The van der Waals surface area contributed by atoms with Crippen LogP contribution in [0.15, 0.2) is 423 Å². The zero-order valence-electron chi connectivity index (χ0n) is 67.6. The number of phenols is 4. The number of aliphatic hydroxyl groups is 1. The summed E-state index contributed by atoms with van der Waals surface area (Å²) in [6.45, 7) is 0. The van der Waals surface area contributed by atoms with E-state index in [9.17, 15) is 25.2 Å². The molecule has 0 spiro atoms. The molecule has 4 aliphatic rings. The van der Waals surface area contributed by atoms with E-state index < -0.39 is 16.4 Å². The Morgan fingerprint density at radius 2 is 0.472 bits per heavy atom. The average molecular weight is 1660 g/mol. The van der Waals surface area contributed by atoms with E-state index in [1.165, 1.54) is 66.2 Å². The molecule has 596 valence electrons. The molecule has 4 aliphatic carbocycles. The molecule has 19 aromatic carbocycles. The highest BCUT2D eigenvalue weighted by Crippen LogP contribution is 2.59. The van der Waals surface area contributed by atoms with E-state index in [0.717, 1.165) is 115 Å². The number of phenolic OH excluding ortho intramolecular Hbond substituents is 4. The van der Waals surface area contributed by atoms with E-state index in [0.29, 0.717) is 5.75 Å². The molecule has 0 saturated heterocycles. The van der Waals surface area contributed by atoms with Gasteiger partial charge in [0.15, 0.2) is 5.78 Å². The maximum absolute atomic E-state index is 11.9. The van der Waals surface area contributed by atoms with Crippen LogP contribution in [0.2, 0.25) is 0 Å². The van der Waals surface area contributed by atoms with Gasteiger partial charge in [0.25, 0.3) is 0 Å². The smallest absolute Gasteiger partial charge is 0.194 e. The third kappa shape index (κ3) is 14.5. The minimum Gasteiger partial charge on any atom is -0.508 e. The Morgan fingerprint density at radius 3 is 0.837 bits per heavy atom. The fourth-order valence-corrected chi connectivity index (χ4v) is 18.7. The number of fused-ring (bicyclic) bond motifs is 16. The van der Waals surface area contributed by atoms with Crippen molar-refractivity contribution in [2.45, 2.75) is 16.4 Å². The second-order valence-corrected chi connectivity index (χ2v) is 31.7. The quantitative estimate of drug-likeness (QED) is 0.100. The normalized spacial score (nSPS) is 12.9. The van der Waals surface area contributed by atoms with Crippen LogP contribution in [-0.2, 0) is 16.4 Å². The van der Waals surface area contributed by atoms with Gasteiger partial charge >= 0.3 is 0 Å². The maximum Gasteiger partial charge on any atom is 0.194 e. The zero-order chi connectivity index (χ0) is 84.4. The summed E-state index contributed by atoms with van der Waals surface area (Å²) in [7, 11) is 5.05. The SMILES string of the molecule is COc1ccc2cc(Br)ccc2c1.COc1ccc2cc(C3(O)c4ccccc4-c4ccccc43)ccc2c1.COc1ccc2cc(C3(c4ccc(O)cc4)c4ccccc4-c4ccccc43)ccc2c1.O=C1c2ccccc2-c2ccccc21.Oc1ccc(C2(c3ccc4cc(O)ccc4c3)c3ccccc3-c3ccccc32)cc1.Oc1ccccc1. The van der Waals surface area contributed by atoms with Crippen molar-refractivity contribution in [2.75, 3.05) is 21.3 Å². The number of hydrogen-bond acceptors (Lipinski definition) is 9. The summed E-state index contributed by atoms with van der Waals surface area (Å²) >= 11 is 3.44. The van der Waals surface area contributed by atoms with E-state index in [4.69, 9.17) is 19.3 Å². The van der Waals surface area contributed by atoms with Crippen molar-refractivity contribution < 1.29 is 44.5 Å². The van der Waals surface area contributed by atoms with Gasteiger partial charge < -0.3 is 39.7 Å². The monoisotopic (exact) mass is 1660 g/mol. The third-order valence-corrected chi connectivity index (χ3v) is 24.5. The van der Waals surface area contributed by atoms with Crippen molar-refractivity contribution in [3.8, 4) is 84.8 Å². The van der Waals surface area contributed by atoms with Crippen molar-refractivity contribution in [1.82, 2.24) is 0 Å². The summed E-state index contributed by atoms with van der Waals surface area (Å²) in [4.78, 5) is 11.9. The second-order valence-electron chi connectivity index (χ2n) is 30.8. The van der Waals surface area contributed by atoms with E-state index in [1.807, 2.05) is 170 Å². The summed E-state index contributed by atoms with van der Waals surface area (Å²) in [6.07, 6.45) is 0. The number of carbonyl (C=O) groups is 1. The molecule has 0 heterocycles. The largest absolute Gasteiger partial charge is 0.508 e. The van der Waals surface area contributed by atoms with Gasteiger partial charge in [-0.05, 0) is 253 Å². The molecule has 0 aliphatic heterocycles. The van der Waals surface area contributed by atoms with E-state index in [2.05, 4.69) is 204 Å². The van der Waals surface area contributed by atoms with Gasteiger partial charge in [-0.2, -0.15) is 0 Å². The lowest BCUT2D eigenvalue weighted by Gasteiger charge is -2.34. The minimum absolute atomic E-state index is 0.149. The molecule has 10 heteroatoms. The lowest BCUT2D eigenvalue weighted by molar-refractivity contribution is 0.104. The first-order valence-electron chi connectivity index (χ1n) is 40.7.